The molecule has 1 aliphatic rings. The standard InChI is InChI=1S/C7H11N3OS/c1-12-7-10-9-6(11-7)5-3-2-4-8-5/h5,8H,2-4H2,1H3/t5-/m0/s1. The largest absolute Gasteiger partial charge is 0.414 e. The van der Waals surface area contributed by atoms with Crippen LogP contribution in [0.2, 0.25) is 0 Å². The van der Waals surface area contributed by atoms with Gasteiger partial charge in [-0.3, -0.25) is 0 Å². The summed E-state index contributed by atoms with van der Waals surface area (Å²) in [4.78, 5) is 0. The Balaban J connectivity index is 2.11. The highest BCUT2D eigenvalue weighted by atomic mass is 32.2. The summed E-state index contributed by atoms with van der Waals surface area (Å²) >= 11 is 1.48. The first-order valence-corrected chi connectivity index (χ1v) is 5.23. The fourth-order valence-corrected chi connectivity index (χ4v) is 1.63. The molecular weight excluding hydrogens is 174 g/mol. The highest BCUT2D eigenvalue weighted by Gasteiger charge is 2.21. The molecule has 2 heterocycles. The van der Waals surface area contributed by atoms with E-state index in [4.69, 9.17) is 4.42 Å². The van der Waals surface area contributed by atoms with Crippen LogP contribution in [0.1, 0.15) is 24.8 Å². The van der Waals surface area contributed by atoms with Crippen molar-refractivity contribution in [2.75, 3.05) is 12.8 Å². The normalized spacial score (nSPS) is 23.2. The molecule has 1 atom stereocenters. The molecule has 5 heteroatoms. The maximum Gasteiger partial charge on any atom is 0.276 e. The summed E-state index contributed by atoms with van der Waals surface area (Å²) in [6.45, 7) is 1.06. The molecule has 1 aromatic heterocycles. The first kappa shape index (κ1) is 8.07. The molecule has 1 saturated heterocycles. The van der Waals surface area contributed by atoms with Gasteiger partial charge >= 0.3 is 0 Å². The van der Waals surface area contributed by atoms with Crippen LogP contribution in [0.5, 0.6) is 0 Å². The van der Waals surface area contributed by atoms with Crippen molar-refractivity contribution in [3.63, 3.8) is 0 Å². The molecule has 0 aromatic carbocycles. The number of rotatable bonds is 2. The van der Waals surface area contributed by atoms with Crippen LogP contribution >= 0.6 is 11.8 Å². The van der Waals surface area contributed by atoms with E-state index >= 15 is 0 Å². The second-order valence-corrected chi connectivity index (χ2v) is 3.52. The van der Waals surface area contributed by atoms with Gasteiger partial charge in [-0.1, -0.05) is 11.8 Å². The van der Waals surface area contributed by atoms with Crippen LogP contribution in [0.4, 0.5) is 0 Å². The predicted molar refractivity (Wildman–Crippen MR) is 46.1 cm³/mol. The second kappa shape index (κ2) is 3.45. The van der Waals surface area contributed by atoms with E-state index in [1.54, 1.807) is 0 Å². The monoisotopic (exact) mass is 185 g/mol. The minimum atomic E-state index is 0.290. The van der Waals surface area contributed by atoms with E-state index in [-0.39, 0.29) is 0 Å². The average molecular weight is 185 g/mol. The summed E-state index contributed by atoms with van der Waals surface area (Å²) in [7, 11) is 0. The SMILES string of the molecule is CSc1nnc([C@@H]2CCCN2)o1. The van der Waals surface area contributed by atoms with Crippen LogP contribution in [0.25, 0.3) is 0 Å². The zero-order chi connectivity index (χ0) is 8.39. The van der Waals surface area contributed by atoms with Crippen LogP contribution < -0.4 is 5.32 Å². The minimum Gasteiger partial charge on any atom is -0.414 e. The van der Waals surface area contributed by atoms with Crippen molar-refractivity contribution in [3.05, 3.63) is 5.89 Å². The lowest BCUT2D eigenvalue weighted by atomic mass is 10.2. The molecule has 1 aliphatic heterocycles. The molecule has 4 nitrogen and oxygen atoms in total. The molecule has 12 heavy (non-hydrogen) atoms. The van der Waals surface area contributed by atoms with E-state index in [1.807, 2.05) is 6.26 Å². The first-order valence-electron chi connectivity index (χ1n) is 4.01. The zero-order valence-electron chi connectivity index (χ0n) is 6.91. The van der Waals surface area contributed by atoms with Gasteiger partial charge in [0.2, 0.25) is 5.89 Å². The third-order valence-electron chi connectivity index (χ3n) is 1.96. The quantitative estimate of drug-likeness (QED) is 0.702. The molecule has 1 fully saturated rings. The predicted octanol–water partition coefficient (Wildman–Crippen LogP) is 1.22. The Morgan fingerprint density at radius 2 is 2.50 bits per heavy atom. The topological polar surface area (TPSA) is 51.0 Å². The smallest absolute Gasteiger partial charge is 0.276 e. The van der Waals surface area contributed by atoms with Crippen molar-refractivity contribution in [3.8, 4) is 0 Å². The number of hydrogen-bond acceptors (Lipinski definition) is 5. The maximum atomic E-state index is 5.39. The van der Waals surface area contributed by atoms with Crippen molar-refractivity contribution >= 4 is 11.8 Å². The van der Waals surface area contributed by atoms with E-state index in [1.165, 1.54) is 18.2 Å². The van der Waals surface area contributed by atoms with E-state index in [0.717, 1.165) is 18.9 Å². The number of nitrogens with one attached hydrogen (secondary N) is 1. The molecule has 66 valence electrons. The molecule has 1 N–H and O–H groups in total. The Morgan fingerprint density at radius 1 is 1.58 bits per heavy atom. The van der Waals surface area contributed by atoms with Crippen molar-refractivity contribution in [2.24, 2.45) is 0 Å². The van der Waals surface area contributed by atoms with Crippen LogP contribution in [0, 0.1) is 0 Å². The molecule has 0 radical (unpaired) electrons. The Bertz CT molecular complexity index is 257. The van der Waals surface area contributed by atoms with Crippen molar-refractivity contribution in [1.82, 2.24) is 15.5 Å². The molecule has 1 aromatic rings. The van der Waals surface area contributed by atoms with E-state index in [9.17, 15) is 0 Å². The Labute approximate surface area is 75.1 Å². The van der Waals surface area contributed by atoms with Crippen LogP contribution in [0.3, 0.4) is 0 Å². The third kappa shape index (κ3) is 1.47. The number of nitrogens with zero attached hydrogens (tertiary/aromatic N) is 2. The highest BCUT2D eigenvalue weighted by molar-refractivity contribution is 7.98. The summed E-state index contributed by atoms with van der Waals surface area (Å²) in [5.41, 5.74) is 0. The number of hydrogen-bond donors (Lipinski definition) is 1. The summed E-state index contributed by atoms with van der Waals surface area (Å²) in [6, 6.07) is 0.290. The van der Waals surface area contributed by atoms with Gasteiger partial charge in [0.1, 0.15) is 0 Å². The summed E-state index contributed by atoms with van der Waals surface area (Å²) < 4.78 is 5.39. The third-order valence-corrected chi connectivity index (χ3v) is 2.47. The van der Waals surface area contributed by atoms with Gasteiger partial charge in [-0.15, -0.1) is 10.2 Å². The van der Waals surface area contributed by atoms with Gasteiger partial charge in [-0.25, -0.2) is 0 Å². The molecule has 0 aliphatic carbocycles. The second-order valence-electron chi connectivity index (χ2n) is 2.76. The molecule has 2 rings (SSSR count). The highest BCUT2D eigenvalue weighted by Crippen LogP contribution is 2.23. The van der Waals surface area contributed by atoms with Crippen LogP contribution in [-0.2, 0) is 0 Å². The van der Waals surface area contributed by atoms with Gasteiger partial charge in [-0.2, -0.15) is 0 Å². The maximum absolute atomic E-state index is 5.39. The minimum absolute atomic E-state index is 0.290. The van der Waals surface area contributed by atoms with Gasteiger partial charge in [0.25, 0.3) is 5.22 Å². The van der Waals surface area contributed by atoms with E-state index in [2.05, 4.69) is 15.5 Å². The van der Waals surface area contributed by atoms with Crippen LogP contribution in [0.15, 0.2) is 9.64 Å². The fourth-order valence-electron chi connectivity index (χ4n) is 1.34. The molecule has 0 saturated carbocycles. The first-order chi connectivity index (χ1) is 5.90. The zero-order valence-corrected chi connectivity index (χ0v) is 7.73. The summed E-state index contributed by atoms with van der Waals surface area (Å²) in [5.74, 6) is 0.733. The average Bonchev–Trinajstić information content (AvgIpc) is 2.75. The summed E-state index contributed by atoms with van der Waals surface area (Å²) in [5, 5.41) is 11.8. The molecule has 0 bridgehead atoms. The van der Waals surface area contributed by atoms with Crippen LogP contribution in [-0.4, -0.2) is 23.0 Å². The Morgan fingerprint density at radius 3 is 3.08 bits per heavy atom. The number of thioether (sulfide) groups is 1. The lowest BCUT2D eigenvalue weighted by Gasteiger charge is -2.01. The molecule has 0 spiro atoms. The van der Waals surface area contributed by atoms with Gasteiger partial charge in [0.05, 0.1) is 6.04 Å². The van der Waals surface area contributed by atoms with Crippen molar-refractivity contribution < 1.29 is 4.42 Å². The van der Waals surface area contributed by atoms with Crippen molar-refractivity contribution in [2.45, 2.75) is 24.1 Å². The molecule has 0 unspecified atom stereocenters. The lowest BCUT2D eigenvalue weighted by molar-refractivity contribution is 0.374. The summed E-state index contributed by atoms with van der Waals surface area (Å²) in [6.07, 6.45) is 4.23. The van der Waals surface area contributed by atoms with E-state index in [0.29, 0.717) is 11.3 Å². The van der Waals surface area contributed by atoms with Gasteiger partial charge < -0.3 is 9.73 Å². The van der Waals surface area contributed by atoms with Gasteiger partial charge in [0, 0.05) is 0 Å². The van der Waals surface area contributed by atoms with E-state index < -0.39 is 0 Å². The fraction of sp³-hybridized carbons (Fsp3) is 0.714. The van der Waals surface area contributed by atoms with Gasteiger partial charge in [0.15, 0.2) is 0 Å². The Kier molecular flexibility index (Phi) is 2.32. The van der Waals surface area contributed by atoms with Crippen molar-refractivity contribution in [1.29, 1.82) is 0 Å². The molecule has 0 amide bonds. The molecular formula is C7H11N3OS. The Hall–Kier alpha value is -0.550. The number of aromatic nitrogens is 2. The lowest BCUT2D eigenvalue weighted by Crippen LogP contribution is -2.12. The van der Waals surface area contributed by atoms with Gasteiger partial charge in [-0.05, 0) is 25.6 Å².